The van der Waals surface area contributed by atoms with Crippen molar-refractivity contribution in [2.75, 3.05) is 19.0 Å². The minimum atomic E-state index is -0.663. The first kappa shape index (κ1) is 18.1. The van der Waals surface area contributed by atoms with Gasteiger partial charge in [-0.25, -0.2) is 0 Å². The molecule has 0 aromatic heterocycles. The summed E-state index contributed by atoms with van der Waals surface area (Å²) < 4.78 is 5.72. The Labute approximate surface area is 153 Å². The van der Waals surface area contributed by atoms with Gasteiger partial charge in [-0.1, -0.05) is 42.5 Å². The summed E-state index contributed by atoms with van der Waals surface area (Å²) in [5, 5.41) is 5.44. The zero-order valence-corrected chi connectivity index (χ0v) is 15.4. The van der Waals surface area contributed by atoms with Gasteiger partial charge in [0, 0.05) is 32.2 Å². The van der Waals surface area contributed by atoms with Crippen molar-refractivity contribution in [2.24, 2.45) is 0 Å². The number of fused-ring (bicyclic) bond motifs is 1. The monoisotopic (exact) mass is 352 g/mol. The van der Waals surface area contributed by atoms with Gasteiger partial charge in [0.25, 0.3) is 0 Å². The highest BCUT2D eigenvalue weighted by Gasteiger charge is 2.38. The number of carbonyl (C=O) groups is 2. The summed E-state index contributed by atoms with van der Waals surface area (Å²) in [4.78, 5) is 24.5. The Morgan fingerprint density at radius 3 is 2.08 bits per heavy atom. The van der Waals surface area contributed by atoms with Gasteiger partial charge >= 0.3 is 11.8 Å². The van der Waals surface area contributed by atoms with Crippen molar-refractivity contribution >= 4 is 17.5 Å². The third kappa shape index (κ3) is 3.63. The second-order valence-corrected chi connectivity index (χ2v) is 6.91. The van der Waals surface area contributed by atoms with E-state index in [1.54, 1.807) is 7.11 Å². The number of hydrogen-bond acceptors (Lipinski definition) is 3. The third-order valence-corrected chi connectivity index (χ3v) is 5.07. The van der Waals surface area contributed by atoms with Crippen LogP contribution in [0.3, 0.4) is 0 Å². The van der Waals surface area contributed by atoms with E-state index < -0.39 is 17.4 Å². The second-order valence-electron chi connectivity index (χ2n) is 6.91. The van der Waals surface area contributed by atoms with E-state index in [9.17, 15) is 9.59 Å². The number of methoxy groups -OCH3 is 1. The first-order valence-electron chi connectivity index (χ1n) is 8.71. The summed E-state index contributed by atoms with van der Waals surface area (Å²) >= 11 is 0. The Balaban J connectivity index is 1.62. The molecule has 0 aliphatic heterocycles. The largest absolute Gasteiger partial charge is 0.376 e. The molecule has 26 heavy (non-hydrogen) atoms. The number of anilines is 1. The van der Waals surface area contributed by atoms with E-state index in [1.807, 2.05) is 44.2 Å². The molecule has 0 heterocycles. The molecule has 0 spiro atoms. The van der Waals surface area contributed by atoms with Crippen molar-refractivity contribution in [1.29, 1.82) is 0 Å². The number of para-hydroxylation sites is 1. The summed E-state index contributed by atoms with van der Waals surface area (Å²) in [6.45, 7) is 4.09. The van der Waals surface area contributed by atoms with Gasteiger partial charge in [-0.15, -0.1) is 0 Å². The van der Waals surface area contributed by atoms with E-state index in [0.717, 1.165) is 24.0 Å². The summed E-state index contributed by atoms with van der Waals surface area (Å²) in [6, 6.07) is 13.9. The molecule has 136 valence electrons. The standard InChI is InChI=1S/C21H24N2O3/c1-14-7-6-8-15(2)18(14)23-20(25)19(24)22-13-21(26-3)11-16-9-4-5-10-17(16)12-21/h4-10H,11-13H2,1-3H3,(H,22,24)(H,23,25). The van der Waals surface area contributed by atoms with Crippen molar-refractivity contribution in [1.82, 2.24) is 5.32 Å². The van der Waals surface area contributed by atoms with Crippen LogP contribution in [0, 0.1) is 13.8 Å². The summed E-state index contributed by atoms with van der Waals surface area (Å²) in [7, 11) is 1.65. The van der Waals surface area contributed by atoms with Crippen molar-refractivity contribution in [2.45, 2.75) is 32.3 Å². The molecule has 1 aliphatic carbocycles. The van der Waals surface area contributed by atoms with Gasteiger partial charge in [-0.05, 0) is 36.1 Å². The van der Waals surface area contributed by atoms with Crippen molar-refractivity contribution < 1.29 is 14.3 Å². The average molecular weight is 352 g/mol. The number of aryl methyl sites for hydroxylation is 2. The average Bonchev–Trinajstić information content (AvgIpc) is 3.02. The Morgan fingerprint density at radius 1 is 0.962 bits per heavy atom. The molecule has 1 aliphatic rings. The SMILES string of the molecule is COC1(CNC(=O)C(=O)Nc2c(C)cccc2C)Cc2ccccc2C1. The van der Waals surface area contributed by atoms with Crippen LogP contribution in [0.15, 0.2) is 42.5 Å². The highest BCUT2D eigenvalue weighted by molar-refractivity contribution is 6.39. The Kier molecular flexibility index (Phi) is 5.09. The van der Waals surface area contributed by atoms with Gasteiger partial charge in [-0.3, -0.25) is 9.59 Å². The highest BCUT2D eigenvalue weighted by Crippen LogP contribution is 2.32. The molecule has 0 saturated heterocycles. The molecule has 0 saturated carbocycles. The highest BCUT2D eigenvalue weighted by atomic mass is 16.5. The molecule has 2 amide bonds. The van der Waals surface area contributed by atoms with E-state index in [-0.39, 0.29) is 6.54 Å². The van der Waals surface area contributed by atoms with E-state index >= 15 is 0 Å². The molecule has 3 rings (SSSR count). The Morgan fingerprint density at radius 2 is 1.54 bits per heavy atom. The van der Waals surface area contributed by atoms with Crippen molar-refractivity contribution in [3.63, 3.8) is 0 Å². The van der Waals surface area contributed by atoms with Gasteiger partial charge in [0.05, 0.1) is 5.60 Å². The predicted octanol–water partition coefficient (Wildman–Crippen LogP) is 2.54. The molecule has 5 heteroatoms. The quantitative estimate of drug-likeness (QED) is 0.831. The van der Waals surface area contributed by atoms with Gasteiger partial charge in [-0.2, -0.15) is 0 Å². The van der Waals surface area contributed by atoms with Gasteiger partial charge in [0.2, 0.25) is 0 Å². The van der Waals surface area contributed by atoms with Gasteiger partial charge < -0.3 is 15.4 Å². The van der Waals surface area contributed by atoms with Crippen LogP contribution < -0.4 is 10.6 Å². The summed E-state index contributed by atoms with van der Waals surface area (Å²) in [5.41, 5.74) is 4.48. The number of ether oxygens (including phenoxy) is 1. The molecule has 0 atom stereocenters. The minimum Gasteiger partial charge on any atom is -0.376 e. The molecule has 0 radical (unpaired) electrons. The van der Waals surface area contributed by atoms with E-state index in [0.29, 0.717) is 5.69 Å². The number of nitrogens with one attached hydrogen (secondary N) is 2. The third-order valence-electron chi connectivity index (χ3n) is 5.07. The van der Waals surface area contributed by atoms with Crippen LogP contribution >= 0.6 is 0 Å². The van der Waals surface area contributed by atoms with Crippen molar-refractivity contribution in [3.05, 3.63) is 64.7 Å². The van der Waals surface area contributed by atoms with E-state index in [1.165, 1.54) is 11.1 Å². The lowest BCUT2D eigenvalue weighted by Crippen LogP contribution is -2.48. The lowest BCUT2D eigenvalue weighted by atomic mass is 10.00. The van der Waals surface area contributed by atoms with Crippen LogP contribution in [0.1, 0.15) is 22.3 Å². The fourth-order valence-corrected chi connectivity index (χ4v) is 3.50. The second kappa shape index (κ2) is 7.30. The fourth-order valence-electron chi connectivity index (χ4n) is 3.50. The van der Waals surface area contributed by atoms with Gasteiger partial charge in [0.1, 0.15) is 0 Å². The van der Waals surface area contributed by atoms with Crippen LogP contribution in [0.4, 0.5) is 5.69 Å². The maximum absolute atomic E-state index is 12.3. The molecule has 2 N–H and O–H groups in total. The zero-order chi connectivity index (χ0) is 18.7. The Hall–Kier alpha value is -2.66. The van der Waals surface area contributed by atoms with Crippen LogP contribution in [0.25, 0.3) is 0 Å². The van der Waals surface area contributed by atoms with Crippen LogP contribution in [0.5, 0.6) is 0 Å². The molecular weight excluding hydrogens is 328 g/mol. The number of carbonyl (C=O) groups excluding carboxylic acids is 2. The summed E-state index contributed by atoms with van der Waals surface area (Å²) in [5.74, 6) is -1.32. The first-order valence-corrected chi connectivity index (χ1v) is 8.71. The number of amides is 2. The maximum atomic E-state index is 12.3. The number of hydrogen-bond donors (Lipinski definition) is 2. The summed E-state index contributed by atoms with van der Waals surface area (Å²) in [6.07, 6.45) is 1.44. The maximum Gasteiger partial charge on any atom is 0.313 e. The smallest absolute Gasteiger partial charge is 0.313 e. The number of rotatable bonds is 4. The van der Waals surface area contributed by atoms with Crippen LogP contribution in [0.2, 0.25) is 0 Å². The zero-order valence-electron chi connectivity index (χ0n) is 15.4. The lowest BCUT2D eigenvalue weighted by molar-refractivity contribution is -0.137. The topological polar surface area (TPSA) is 67.4 Å². The molecule has 0 fully saturated rings. The van der Waals surface area contributed by atoms with Crippen molar-refractivity contribution in [3.8, 4) is 0 Å². The number of benzene rings is 2. The molecule has 0 bridgehead atoms. The lowest BCUT2D eigenvalue weighted by Gasteiger charge is -2.27. The fraction of sp³-hybridized carbons (Fsp3) is 0.333. The molecule has 0 unspecified atom stereocenters. The normalized spacial score (nSPS) is 14.6. The predicted molar refractivity (Wildman–Crippen MR) is 101 cm³/mol. The van der Waals surface area contributed by atoms with Crippen LogP contribution in [-0.4, -0.2) is 31.1 Å². The Bertz CT molecular complexity index is 800. The van der Waals surface area contributed by atoms with Crippen LogP contribution in [-0.2, 0) is 27.2 Å². The molecular formula is C21H24N2O3. The van der Waals surface area contributed by atoms with Gasteiger partial charge in [0.15, 0.2) is 0 Å². The first-order chi connectivity index (χ1) is 12.4. The molecule has 2 aromatic rings. The molecule has 2 aromatic carbocycles. The molecule has 5 nitrogen and oxygen atoms in total. The van der Waals surface area contributed by atoms with E-state index in [4.69, 9.17) is 4.74 Å². The van der Waals surface area contributed by atoms with E-state index in [2.05, 4.69) is 22.8 Å². The minimum absolute atomic E-state index is 0.289.